The number of fused-ring (bicyclic) bond motifs is 1. The van der Waals surface area contributed by atoms with E-state index < -0.39 is 10.8 Å². The lowest BCUT2D eigenvalue weighted by Gasteiger charge is -2.18. The largest absolute Gasteiger partial charge is 0.486 e. The molecule has 1 heterocycles. The molecule has 0 saturated heterocycles. The van der Waals surface area contributed by atoms with Gasteiger partial charge in [-0.05, 0) is 18.6 Å². The highest BCUT2D eigenvalue weighted by molar-refractivity contribution is 7.85. The molecule has 1 aliphatic heterocycles. The Kier molecular flexibility index (Phi) is 3.99. The molecular weight excluding hydrogens is 238 g/mol. The van der Waals surface area contributed by atoms with Crippen molar-refractivity contribution in [2.75, 3.05) is 19.0 Å². The second kappa shape index (κ2) is 5.69. The standard InChI is InChI=1S/C12H13NO3S/c13-5-1-2-8-17(14)10-3-4-11-12(9-10)16-7-6-15-11/h3-4,9H,1-2,6-8H2. The minimum absolute atomic E-state index is 0.441. The highest BCUT2D eigenvalue weighted by Crippen LogP contribution is 2.31. The van der Waals surface area contributed by atoms with Crippen LogP contribution in [0.2, 0.25) is 0 Å². The molecule has 2 rings (SSSR count). The number of rotatable bonds is 4. The summed E-state index contributed by atoms with van der Waals surface area (Å²) in [5, 5.41) is 8.42. The smallest absolute Gasteiger partial charge is 0.162 e. The lowest BCUT2D eigenvalue weighted by atomic mass is 10.3. The molecule has 90 valence electrons. The van der Waals surface area contributed by atoms with Gasteiger partial charge in [0.05, 0.1) is 16.9 Å². The molecule has 1 aromatic carbocycles. The van der Waals surface area contributed by atoms with Crippen LogP contribution in [-0.2, 0) is 10.8 Å². The maximum absolute atomic E-state index is 11.9. The van der Waals surface area contributed by atoms with Crippen molar-refractivity contribution in [1.82, 2.24) is 0 Å². The van der Waals surface area contributed by atoms with Crippen molar-refractivity contribution in [3.8, 4) is 17.6 Å². The Balaban J connectivity index is 2.06. The number of nitriles is 1. The second-order valence-corrected chi connectivity index (χ2v) is 5.19. The molecular formula is C12H13NO3S. The van der Waals surface area contributed by atoms with Gasteiger partial charge in [0, 0.05) is 23.1 Å². The molecule has 4 nitrogen and oxygen atoms in total. The lowest BCUT2D eigenvalue weighted by Crippen LogP contribution is -2.15. The Morgan fingerprint density at radius 1 is 1.29 bits per heavy atom. The van der Waals surface area contributed by atoms with Crippen LogP contribution in [0.15, 0.2) is 23.1 Å². The molecule has 0 aromatic heterocycles. The van der Waals surface area contributed by atoms with E-state index in [0.717, 1.165) is 4.90 Å². The molecule has 1 atom stereocenters. The van der Waals surface area contributed by atoms with Crippen LogP contribution in [0.25, 0.3) is 0 Å². The van der Waals surface area contributed by atoms with Crippen LogP contribution in [0.3, 0.4) is 0 Å². The van der Waals surface area contributed by atoms with Gasteiger partial charge < -0.3 is 9.47 Å². The van der Waals surface area contributed by atoms with Gasteiger partial charge in [0.25, 0.3) is 0 Å². The summed E-state index contributed by atoms with van der Waals surface area (Å²) >= 11 is 0. The summed E-state index contributed by atoms with van der Waals surface area (Å²) in [6.45, 7) is 1.08. The average Bonchev–Trinajstić information content (AvgIpc) is 2.38. The summed E-state index contributed by atoms with van der Waals surface area (Å²) < 4.78 is 22.7. The lowest BCUT2D eigenvalue weighted by molar-refractivity contribution is 0.171. The number of benzene rings is 1. The first-order chi connectivity index (χ1) is 8.31. The van der Waals surface area contributed by atoms with Gasteiger partial charge in [-0.2, -0.15) is 5.26 Å². The summed E-state index contributed by atoms with van der Waals surface area (Å²) in [4.78, 5) is 0.729. The number of hydrogen-bond acceptors (Lipinski definition) is 4. The van der Waals surface area contributed by atoms with Crippen LogP contribution in [-0.4, -0.2) is 23.2 Å². The van der Waals surface area contributed by atoms with E-state index in [-0.39, 0.29) is 0 Å². The van der Waals surface area contributed by atoms with Crippen molar-refractivity contribution in [2.24, 2.45) is 0 Å². The van der Waals surface area contributed by atoms with Gasteiger partial charge in [0.15, 0.2) is 11.5 Å². The van der Waals surface area contributed by atoms with Crippen LogP contribution >= 0.6 is 0 Å². The molecule has 0 radical (unpaired) electrons. The highest BCUT2D eigenvalue weighted by atomic mass is 32.2. The first kappa shape index (κ1) is 11.9. The van der Waals surface area contributed by atoms with Gasteiger partial charge in [-0.3, -0.25) is 4.21 Å². The molecule has 5 heteroatoms. The molecule has 0 saturated carbocycles. The molecule has 0 aliphatic carbocycles. The maximum Gasteiger partial charge on any atom is 0.162 e. The molecule has 0 N–H and O–H groups in total. The zero-order valence-electron chi connectivity index (χ0n) is 9.35. The SMILES string of the molecule is N#CCCCS(=O)c1ccc2c(c1)OCCO2. The Hall–Kier alpha value is -1.54. The fourth-order valence-electron chi connectivity index (χ4n) is 1.57. The van der Waals surface area contributed by atoms with Crippen molar-refractivity contribution in [3.05, 3.63) is 18.2 Å². The maximum atomic E-state index is 11.9. The third-order valence-corrected chi connectivity index (χ3v) is 3.83. The van der Waals surface area contributed by atoms with E-state index in [2.05, 4.69) is 0 Å². The van der Waals surface area contributed by atoms with Gasteiger partial charge in [-0.1, -0.05) is 0 Å². The van der Waals surface area contributed by atoms with Gasteiger partial charge in [-0.25, -0.2) is 0 Å². The van der Waals surface area contributed by atoms with Crippen molar-refractivity contribution in [2.45, 2.75) is 17.7 Å². The summed E-state index contributed by atoms with van der Waals surface area (Å²) in [7, 11) is -1.07. The van der Waals surface area contributed by atoms with Crippen LogP contribution in [0.5, 0.6) is 11.5 Å². The fraction of sp³-hybridized carbons (Fsp3) is 0.417. The molecule has 0 bridgehead atoms. The van der Waals surface area contributed by atoms with Crippen molar-refractivity contribution < 1.29 is 13.7 Å². The zero-order valence-corrected chi connectivity index (χ0v) is 10.2. The highest BCUT2D eigenvalue weighted by Gasteiger charge is 2.13. The van der Waals surface area contributed by atoms with E-state index in [1.807, 2.05) is 6.07 Å². The number of hydrogen-bond donors (Lipinski definition) is 0. The Labute approximate surface area is 103 Å². The van der Waals surface area contributed by atoms with Crippen LogP contribution < -0.4 is 9.47 Å². The quantitative estimate of drug-likeness (QED) is 0.766. The Morgan fingerprint density at radius 3 is 2.82 bits per heavy atom. The summed E-state index contributed by atoms with van der Waals surface area (Å²) in [6, 6.07) is 7.38. The number of unbranched alkanes of at least 4 members (excludes halogenated alkanes) is 1. The van der Waals surface area contributed by atoms with Gasteiger partial charge >= 0.3 is 0 Å². The summed E-state index contributed by atoms with van der Waals surface area (Å²) in [5.74, 6) is 1.86. The minimum atomic E-state index is -1.07. The molecule has 1 unspecified atom stereocenters. The van der Waals surface area contributed by atoms with E-state index in [9.17, 15) is 4.21 Å². The zero-order chi connectivity index (χ0) is 12.1. The molecule has 1 aromatic rings. The third kappa shape index (κ3) is 2.98. The molecule has 17 heavy (non-hydrogen) atoms. The minimum Gasteiger partial charge on any atom is -0.486 e. The van der Waals surface area contributed by atoms with Crippen molar-refractivity contribution in [1.29, 1.82) is 5.26 Å². The Morgan fingerprint density at radius 2 is 2.06 bits per heavy atom. The Bertz CT molecular complexity index is 467. The summed E-state index contributed by atoms with van der Waals surface area (Å²) in [6.07, 6.45) is 1.09. The van der Waals surface area contributed by atoms with Gasteiger partial charge in [-0.15, -0.1) is 0 Å². The molecule has 1 aliphatic rings. The van der Waals surface area contributed by atoms with Gasteiger partial charge in [0.1, 0.15) is 13.2 Å². The second-order valence-electron chi connectivity index (χ2n) is 3.62. The van der Waals surface area contributed by atoms with E-state index in [0.29, 0.717) is 43.3 Å². The molecule has 0 fully saturated rings. The van der Waals surface area contributed by atoms with Gasteiger partial charge in [0.2, 0.25) is 0 Å². The average molecular weight is 251 g/mol. The van der Waals surface area contributed by atoms with E-state index in [1.165, 1.54) is 0 Å². The number of nitrogens with zero attached hydrogens (tertiary/aromatic N) is 1. The van der Waals surface area contributed by atoms with E-state index >= 15 is 0 Å². The van der Waals surface area contributed by atoms with Crippen LogP contribution in [0.4, 0.5) is 0 Å². The number of ether oxygens (including phenoxy) is 2. The third-order valence-electron chi connectivity index (χ3n) is 2.39. The molecule has 0 spiro atoms. The van der Waals surface area contributed by atoms with Crippen molar-refractivity contribution in [3.63, 3.8) is 0 Å². The monoisotopic (exact) mass is 251 g/mol. The predicted molar refractivity (Wildman–Crippen MR) is 63.6 cm³/mol. The summed E-state index contributed by atoms with van der Waals surface area (Å²) in [5.41, 5.74) is 0. The predicted octanol–water partition coefficient (Wildman–Crippen LogP) is 1.87. The topological polar surface area (TPSA) is 59.3 Å². The van der Waals surface area contributed by atoms with Crippen LogP contribution in [0.1, 0.15) is 12.8 Å². The van der Waals surface area contributed by atoms with Crippen LogP contribution in [0, 0.1) is 11.3 Å². The first-order valence-corrected chi connectivity index (χ1v) is 6.78. The normalized spacial score (nSPS) is 15.0. The fourth-order valence-corrected chi connectivity index (χ4v) is 2.67. The van der Waals surface area contributed by atoms with E-state index in [4.69, 9.17) is 14.7 Å². The molecule has 0 amide bonds. The van der Waals surface area contributed by atoms with Crippen molar-refractivity contribution >= 4 is 10.8 Å². The first-order valence-electron chi connectivity index (χ1n) is 5.46. The van der Waals surface area contributed by atoms with E-state index in [1.54, 1.807) is 18.2 Å².